The number of nitriles is 1. The van der Waals surface area contributed by atoms with E-state index in [1.54, 1.807) is 30.9 Å². The maximum absolute atomic E-state index is 11.0. The lowest BCUT2D eigenvalue weighted by molar-refractivity contribution is 0.488. The summed E-state index contributed by atoms with van der Waals surface area (Å²) in [5, 5.41) is 14.3. The molecule has 0 unspecified atom stereocenters. The number of hydrogen-bond acceptors (Lipinski definition) is 7. The molecule has 9 nitrogen and oxygen atoms in total. The number of rotatable bonds is 5. The van der Waals surface area contributed by atoms with Gasteiger partial charge in [0.2, 0.25) is 0 Å². The van der Waals surface area contributed by atoms with Crippen LogP contribution in [0.15, 0.2) is 61.2 Å². The van der Waals surface area contributed by atoms with E-state index < -0.39 is 10.3 Å². The quantitative estimate of drug-likeness (QED) is 0.535. The highest BCUT2D eigenvalue weighted by atomic mass is 32.2. The van der Waals surface area contributed by atoms with Gasteiger partial charge in [-0.15, -0.1) is 0 Å². The average Bonchev–Trinajstić information content (AvgIpc) is 3.10. The molecule has 0 fully saturated rings. The third-order valence-corrected chi connectivity index (χ3v) is 4.58. The molecule has 0 amide bonds. The second-order valence-electron chi connectivity index (χ2n) is 6.17. The van der Waals surface area contributed by atoms with Gasteiger partial charge in [-0.25, -0.2) is 15.0 Å². The van der Waals surface area contributed by atoms with Crippen LogP contribution in [0.3, 0.4) is 0 Å². The molecule has 29 heavy (non-hydrogen) atoms. The molecule has 0 radical (unpaired) electrons. The molecule has 0 atom stereocenters. The van der Waals surface area contributed by atoms with Crippen molar-refractivity contribution >= 4 is 21.5 Å². The number of benzene rings is 1. The number of nitrogens with zero attached hydrogens (tertiary/aromatic N) is 5. The van der Waals surface area contributed by atoms with Gasteiger partial charge in [0.05, 0.1) is 12.9 Å². The van der Waals surface area contributed by atoms with E-state index in [1.165, 1.54) is 12.1 Å². The molecule has 2 N–H and O–H groups in total. The van der Waals surface area contributed by atoms with E-state index in [1.807, 2.05) is 22.8 Å². The molecule has 4 rings (SSSR count). The van der Waals surface area contributed by atoms with E-state index in [9.17, 15) is 13.7 Å². The monoisotopic (exact) mass is 406 g/mol. The van der Waals surface area contributed by atoms with Crippen LogP contribution in [0.5, 0.6) is 5.75 Å². The second-order valence-corrected chi connectivity index (χ2v) is 7.32. The third kappa shape index (κ3) is 4.06. The Hall–Kier alpha value is -3.81. The number of imidazole rings is 1. The summed E-state index contributed by atoms with van der Waals surface area (Å²) in [4.78, 5) is 12.9. The van der Waals surface area contributed by atoms with E-state index in [0.717, 1.165) is 16.7 Å². The van der Waals surface area contributed by atoms with Crippen LogP contribution in [0.1, 0.15) is 11.3 Å². The maximum atomic E-state index is 11.0. The Morgan fingerprint density at radius 2 is 1.93 bits per heavy atom. The lowest BCUT2D eigenvalue weighted by Gasteiger charge is -2.09. The smallest absolute Gasteiger partial charge is 0.371 e. The zero-order valence-corrected chi connectivity index (χ0v) is 15.7. The molecule has 3 heterocycles. The largest absolute Gasteiger partial charge is 0.380 e. The van der Waals surface area contributed by atoms with Crippen LogP contribution < -0.4 is 9.32 Å². The lowest BCUT2D eigenvalue weighted by atomic mass is 10.0. The first kappa shape index (κ1) is 18.5. The number of aromatic nitrogens is 4. The van der Waals surface area contributed by atoms with E-state index in [4.69, 9.17) is 5.14 Å². The van der Waals surface area contributed by atoms with Crippen molar-refractivity contribution in [1.29, 1.82) is 5.26 Å². The molecule has 3 aromatic heterocycles. The maximum Gasteiger partial charge on any atom is 0.380 e. The molecule has 0 saturated carbocycles. The molecule has 144 valence electrons. The lowest BCUT2D eigenvalue weighted by Crippen LogP contribution is -2.18. The van der Waals surface area contributed by atoms with Crippen molar-refractivity contribution in [2.45, 2.75) is 6.54 Å². The summed E-state index contributed by atoms with van der Waals surface area (Å²) in [5.74, 6) is 0.0785. The van der Waals surface area contributed by atoms with E-state index in [-0.39, 0.29) is 11.4 Å². The first-order valence-corrected chi connectivity index (χ1v) is 9.87. The van der Waals surface area contributed by atoms with Gasteiger partial charge in [0, 0.05) is 18.0 Å². The predicted octanol–water partition coefficient (Wildman–Crippen LogP) is 2.00. The molecule has 1 aromatic carbocycles. The molecule has 0 aliphatic heterocycles. The van der Waals surface area contributed by atoms with Crippen molar-refractivity contribution in [2.24, 2.45) is 5.14 Å². The topological polar surface area (TPSA) is 137 Å². The molecule has 10 heteroatoms. The minimum Gasteiger partial charge on any atom is -0.371 e. The zero-order valence-electron chi connectivity index (χ0n) is 14.9. The number of pyridine rings is 2. The molecular formula is C19H14N6O3S. The minimum atomic E-state index is -4.10. The van der Waals surface area contributed by atoms with Gasteiger partial charge < -0.3 is 8.75 Å². The third-order valence-electron chi connectivity index (χ3n) is 4.16. The summed E-state index contributed by atoms with van der Waals surface area (Å²) in [5.41, 5.74) is 3.95. The summed E-state index contributed by atoms with van der Waals surface area (Å²) in [6, 6.07) is 13.8. The van der Waals surface area contributed by atoms with Gasteiger partial charge in [0.15, 0.2) is 5.65 Å². The van der Waals surface area contributed by atoms with Crippen LogP contribution in [-0.2, 0) is 16.8 Å². The van der Waals surface area contributed by atoms with Crippen molar-refractivity contribution in [3.8, 4) is 22.9 Å². The van der Waals surface area contributed by atoms with Gasteiger partial charge in [-0.2, -0.15) is 18.8 Å². The van der Waals surface area contributed by atoms with Gasteiger partial charge in [-0.1, -0.05) is 12.1 Å². The van der Waals surface area contributed by atoms with Gasteiger partial charge >= 0.3 is 10.3 Å². The normalized spacial score (nSPS) is 11.3. The van der Waals surface area contributed by atoms with Crippen LogP contribution in [-0.4, -0.2) is 27.9 Å². The Balaban J connectivity index is 1.68. The van der Waals surface area contributed by atoms with Crippen LogP contribution >= 0.6 is 0 Å². The summed E-state index contributed by atoms with van der Waals surface area (Å²) < 4.78 is 28.6. The summed E-state index contributed by atoms with van der Waals surface area (Å²) >= 11 is 0. The predicted molar refractivity (Wildman–Crippen MR) is 105 cm³/mol. The summed E-state index contributed by atoms with van der Waals surface area (Å²) in [6.45, 7) is 0.478. The zero-order chi connectivity index (χ0) is 20.4. The highest BCUT2D eigenvalue weighted by molar-refractivity contribution is 7.84. The van der Waals surface area contributed by atoms with Crippen LogP contribution in [0.4, 0.5) is 0 Å². The minimum absolute atomic E-state index is 0.0785. The molecule has 0 bridgehead atoms. The number of hydrogen-bond donors (Lipinski definition) is 1. The fourth-order valence-corrected chi connectivity index (χ4v) is 3.32. The average molecular weight is 406 g/mol. The van der Waals surface area contributed by atoms with Crippen molar-refractivity contribution in [3.63, 3.8) is 0 Å². The fourth-order valence-electron chi connectivity index (χ4n) is 2.94. The Labute approximate surface area is 166 Å². The summed E-state index contributed by atoms with van der Waals surface area (Å²) in [6.07, 6.45) is 5.04. The van der Waals surface area contributed by atoms with Gasteiger partial charge in [-0.3, -0.25) is 0 Å². The van der Waals surface area contributed by atoms with Crippen molar-refractivity contribution in [1.82, 2.24) is 19.5 Å². The molecule has 0 spiro atoms. The SMILES string of the molecule is N#Cc1ncc(Cn2cnc3cccnc32)cc1-c1ccc(OS(N)(=O)=O)cc1. The standard InChI is InChI=1S/C19H14N6O3S/c20-9-18-16(14-3-5-15(6-4-14)28-29(21,26)27)8-13(10-23-18)11-25-12-24-17-2-1-7-22-19(17)25/h1-8,10,12H,11H2,(H2,21,26,27). The number of fused-ring (bicyclic) bond motifs is 1. The highest BCUT2D eigenvalue weighted by Gasteiger charge is 2.11. The molecule has 0 aliphatic rings. The van der Waals surface area contributed by atoms with Crippen molar-refractivity contribution < 1.29 is 12.6 Å². The van der Waals surface area contributed by atoms with Crippen LogP contribution in [0.25, 0.3) is 22.3 Å². The van der Waals surface area contributed by atoms with Gasteiger partial charge in [-0.05, 0) is 41.5 Å². The van der Waals surface area contributed by atoms with E-state index in [2.05, 4.69) is 25.2 Å². The van der Waals surface area contributed by atoms with Gasteiger partial charge in [0.1, 0.15) is 23.0 Å². The van der Waals surface area contributed by atoms with Crippen LogP contribution in [0, 0.1) is 11.3 Å². The molecule has 4 aromatic rings. The molecular weight excluding hydrogens is 392 g/mol. The van der Waals surface area contributed by atoms with Crippen LogP contribution in [0.2, 0.25) is 0 Å². The first-order chi connectivity index (χ1) is 13.9. The van der Waals surface area contributed by atoms with Gasteiger partial charge in [0.25, 0.3) is 0 Å². The Kier molecular flexibility index (Phi) is 4.67. The fraction of sp³-hybridized carbons (Fsp3) is 0.0526. The molecule has 0 aliphatic carbocycles. The van der Waals surface area contributed by atoms with Crippen molar-refractivity contribution in [3.05, 3.63) is 72.4 Å². The Morgan fingerprint density at radius 1 is 1.14 bits per heavy atom. The Bertz CT molecular complexity index is 1340. The highest BCUT2D eigenvalue weighted by Crippen LogP contribution is 2.26. The first-order valence-electron chi connectivity index (χ1n) is 8.40. The number of nitrogens with two attached hydrogens (primary N) is 1. The molecule has 0 saturated heterocycles. The Morgan fingerprint density at radius 3 is 2.66 bits per heavy atom. The van der Waals surface area contributed by atoms with Crippen molar-refractivity contribution in [2.75, 3.05) is 0 Å². The van der Waals surface area contributed by atoms with E-state index in [0.29, 0.717) is 17.7 Å². The second kappa shape index (κ2) is 7.31. The summed E-state index contributed by atoms with van der Waals surface area (Å²) in [7, 11) is -4.10. The van der Waals surface area contributed by atoms with E-state index >= 15 is 0 Å².